The van der Waals surface area contributed by atoms with Gasteiger partial charge in [0.15, 0.2) is 5.96 Å². The highest BCUT2D eigenvalue weighted by Gasteiger charge is 2.22. The van der Waals surface area contributed by atoms with E-state index < -0.39 is 0 Å². The Morgan fingerprint density at radius 2 is 1.88 bits per heavy atom. The van der Waals surface area contributed by atoms with Gasteiger partial charge >= 0.3 is 0 Å². The molecule has 0 unspecified atom stereocenters. The van der Waals surface area contributed by atoms with E-state index in [1.165, 1.54) is 11.1 Å². The number of halogens is 1. The highest BCUT2D eigenvalue weighted by molar-refractivity contribution is 14.0. The normalized spacial score (nSPS) is 14.7. The quantitative estimate of drug-likeness (QED) is 0.269. The average Bonchev–Trinajstić information content (AvgIpc) is 3.31. The SMILES string of the molecule is CCNC(=NCc1cccc(Cn2ccnc2)c1)N1CCC(Oc2ccccc2)CC1.I. The Labute approximate surface area is 207 Å². The summed E-state index contributed by atoms with van der Waals surface area (Å²) in [6.45, 7) is 6.37. The summed E-state index contributed by atoms with van der Waals surface area (Å²) < 4.78 is 8.21. The number of nitrogens with one attached hydrogen (secondary N) is 1. The van der Waals surface area contributed by atoms with Crippen molar-refractivity contribution in [1.29, 1.82) is 0 Å². The second kappa shape index (κ2) is 12.5. The molecule has 0 radical (unpaired) electrons. The van der Waals surface area contributed by atoms with Crippen LogP contribution >= 0.6 is 24.0 Å². The Hall–Kier alpha value is -2.55. The molecule has 1 aliphatic heterocycles. The Balaban J connectivity index is 0.00000289. The lowest BCUT2D eigenvalue weighted by Gasteiger charge is -2.34. The summed E-state index contributed by atoms with van der Waals surface area (Å²) in [5.41, 5.74) is 2.48. The van der Waals surface area contributed by atoms with Gasteiger partial charge in [-0.1, -0.05) is 42.5 Å². The summed E-state index contributed by atoms with van der Waals surface area (Å²) in [7, 11) is 0. The first-order valence-electron chi connectivity index (χ1n) is 11.1. The van der Waals surface area contributed by atoms with Crippen molar-refractivity contribution >= 4 is 29.9 Å². The number of aliphatic imine (C=N–C) groups is 1. The molecule has 32 heavy (non-hydrogen) atoms. The number of hydrogen-bond acceptors (Lipinski definition) is 3. The fourth-order valence-corrected chi connectivity index (χ4v) is 3.89. The molecule has 4 rings (SSSR count). The molecule has 2 aromatic carbocycles. The first kappa shape index (κ1) is 24.1. The van der Waals surface area contributed by atoms with Gasteiger partial charge in [-0.15, -0.1) is 24.0 Å². The molecule has 0 aliphatic carbocycles. The smallest absolute Gasteiger partial charge is 0.194 e. The molecular weight excluding hydrogens is 513 g/mol. The van der Waals surface area contributed by atoms with Crippen molar-refractivity contribution in [3.63, 3.8) is 0 Å². The van der Waals surface area contributed by atoms with Crippen LogP contribution in [0, 0.1) is 0 Å². The van der Waals surface area contributed by atoms with Gasteiger partial charge in [-0.05, 0) is 30.2 Å². The molecule has 1 aliphatic rings. The van der Waals surface area contributed by atoms with Crippen LogP contribution in [0.4, 0.5) is 0 Å². The minimum absolute atomic E-state index is 0. The van der Waals surface area contributed by atoms with Crippen molar-refractivity contribution in [2.24, 2.45) is 4.99 Å². The molecule has 0 saturated carbocycles. The third-order valence-corrected chi connectivity index (χ3v) is 5.45. The van der Waals surface area contributed by atoms with E-state index in [4.69, 9.17) is 9.73 Å². The number of para-hydroxylation sites is 1. The van der Waals surface area contributed by atoms with Crippen LogP contribution in [0.2, 0.25) is 0 Å². The number of rotatable bonds is 7. The molecule has 1 saturated heterocycles. The summed E-state index contributed by atoms with van der Waals surface area (Å²) in [6.07, 6.45) is 7.91. The van der Waals surface area contributed by atoms with Crippen LogP contribution in [0.25, 0.3) is 0 Å². The Kier molecular flexibility index (Phi) is 9.40. The van der Waals surface area contributed by atoms with E-state index in [1.807, 2.05) is 49.1 Å². The largest absolute Gasteiger partial charge is 0.490 e. The van der Waals surface area contributed by atoms with Gasteiger partial charge in [-0.3, -0.25) is 0 Å². The number of guanidine groups is 1. The highest BCUT2D eigenvalue weighted by Crippen LogP contribution is 2.19. The van der Waals surface area contributed by atoms with E-state index in [9.17, 15) is 0 Å². The number of nitrogens with zero attached hydrogens (tertiary/aromatic N) is 4. The van der Waals surface area contributed by atoms with Gasteiger partial charge in [0.1, 0.15) is 11.9 Å². The van der Waals surface area contributed by atoms with Gasteiger partial charge in [-0.25, -0.2) is 9.98 Å². The molecule has 1 N–H and O–H groups in total. The predicted molar refractivity (Wildman–Crippen MR) is 140 cm³/mol. The van der Waals surface area contributed by atoms with E-state index in [0.29, 0.717) is 6.54 Å². The van der Waals surface area contributed by atoms with Crippen molar-refractivity contribution in [2.75, 3.05) is 19.6 Å². The number of ether oxygens (including phenoxy) is 1. The van der Waals surface area contributed by atoms with Crippen LogP contribution in [0.15, 0.2) is 78.3 Å². The minimum Gasteiger partial charge on any atom is -0.490 e. The lowest BCUT2D eigenvalue weighted by molar-refractivity contribution is 0.129. The molecule has 3 aromatic rings. The molecule has 7 heteroatoms. The maximum atomic E-state index is 6.14. The number of aromatic nitrogens is 2. The maximum absolute atomic E-state index is 6.14. The van der Waals surface area contributed by atoms with Gasteiger partial charge in [0.25, 0.3) is 0 Å². The van der Waals surface area contributed by atoms with Gasteiger partial charge in [0, 0.05) is 51.4 Å². The monoisotopic (exact) mass is 545 g/mol. The number of piperidine rings is 1. The van der Waals surface area contributed by atoms with Crippen LogP contribution in [0.3, 0.4) is 0 Å². The molecule has 0 atom stereocenters. The van der Waals surface area contributed by atoms with Crippen LogP contribution in [-0.2, 0) is 13.1 Å². The maximum Gasteiger partial charge on any atom is 0.194 e. The first-order chi connectivity index (χ1) is 15.3. The fourth-order valence-electron chi connectivity index (χ4n) is 3.89. The van der Waals surface area contributed by atoms with Crippen LogP contribution < -0.4 is 10.1 Å². The van der Waals surface area contributed by atoms with Gasteiger partial charge in [0.05, 0.1) is 12.9 Å². The molecule has 6 nitrogen and oxygen atoms in total. The fraction of sp³-hybridized carbons (Fsp3) is 0.360. The van der Waals surface area contributed by atoms with E-state index >= 15 is 0 Å². The van der Waals surface area contributed by atoms with Crippen molar-refractivity contribution in [3.8, 4) is 5.75 Å². The molecule has 0 amide bonds. The van der Waals surface area contributed by atoms with E-state index in [1.54, 1.807) is 0 Å². The Bertz CT molecular complexity index is 953. The lowest BCUT2D eigenvalue weighted by atomic mass is 10.1. The molecule has 0 spiro atoms. The van der Waals surface area contributed by atoms with E-state index in [0.717, 1.165) is 50.7 Å². The zero-order chi connectivity index (χ0) is 21.3. The van der Waals surface area contributed by atoms with Crippen LogP contribution in [0.5, 0.6) is 5.75 Å². The second-order valence-electron chi connectivity index (χ2n) is 7.84. The van der Waals surface area contributed by atoms with Crippen LogP contribution in [-0.4, -0.2) is 46.1 Å². The third kappa shape index (κ3) is 6.98. The van der Waals surface area contributed by atoms with Crippen molar-refractivity contribution in [2.45, 2.75) is 39.0 Å². The lowest BCUT2D eigenvalue weighted by Crippen LogP contribution is -2.47. The van der Waals surface area contributed by atoms with E-state index in [-0.39, 0.29) is 30.1 Å². The molecule has 1 aromatic heterocycles. The summed E-state index contributed by atoms with van der Waals surface area (Å²) in [5, 5.41) is 3.46. The van der Waals surface area contributed by atoms with Gasteiger partial charge in [-0.2, -0.15) is 0 Å². The molecule has 0 bridgehead atoms. The molecular formula is C25H32IN5O. The van der Waals surface area contributed by atoms with E-state index in [2.05, 4.69) is 51.0 Å². The zero-order valence-electron chi connectivity index (χ0n) is 18.6. The highest BCUT2D eigenvalue weighted by atomic mass is 127. The van der Waals surface area contributed by atoms with Crippen LogP contribution in [0.1, 0.15) is 30.9 Å². The van der Waals surface area contributed by atoms with Gasteiger partial charge < -0.3 is 19.5 Å². The number of likely N-dealkylation sites (tertiary alicyclic amines) is 1. The number of hydrogen-bond donors (Lipinski definition) is 1. The van der Waals surface area contributed by atoms with Crippen molar-refractivity contribution in [3.05, 3.63) is 84.4 Å². The zero-order valence-corrected chi connectivity index (χ0v) is 20.9. The molecule has 2 heterocycles. The minimum atomic E-state index is 0. The summed E-state index contributed by atoms with van der Waals surface area (Å²) in [6, 6.07) is 18.7. The molecule has 1 fully saturated rings. The summed E-state index contributed by atoms with van der Waals surface area (Å²) in [4.78, 5) is 11.4. The molecule has 170 valence electrons. The topological polar surface area (TPSA) is 54.7 Å². The third-order valence-electron chi connectivity index (χ3n) is 5.45. The Morgan fingerprint density at radius 1 is 1.09 bits per heavy atom. The first-order valence-corrected chi connectivity index (χ1v) is 11.1. The number of benzene rings is 2. The average molecular weight is 545 g/mol. The van der Waals surface area contributed by atoms with Crippen molar-refractivity contribution < 1.29 is 4.74 Å². The summed E-state index contributed by atoms with van der Waals surface area (Å²) in [5.74, 6) is 1.94. The number of imidazole rings is 1. The standard InChI is InChI=1S/C25H31N5O.HI/c1-2-27-25(30-14-11-24(12-15-30)31-23-9-4-3-5-10-23)28-18-21-7-6-8-22(17-21)19-29-16-13-26-20-29;/h3-10,13,16-17,20,24H,2,11-12,14-15,18-19H2,1H3,(H,27,28);1H. The second-order valence-corrected chi connectivity index (χ2v) is 7.84. The summed E-state index contributed by atoms with van der Waals surface area (Å²) >= 11 is 0. The Morgan fingerprint density at radius 3 is 2.59 bits per heavy atom. The van der Waals surface area contributed by atoms with Crippen molar-refractivity contribution in [1.82, 2.24) is 19.8 Å². The van der Waals surface area contributed by atoms with Gasteiger partial charge in [0.2, 0.25) is 0 Å². The predicted octanol–water partition coefficient (Wildman–Crippen LogP) is 4.56.